The van der Waals surface area contributed by atoms with Crippen LogP contribution in [0.3, 0.4) is 0 Å². The highest BCUT2D eigenvalue weighted by molar-refractivity contribution is 6.18. The smallest absolute Gasteiger partial charge is 0.137 e. The molecule has 0 radical (unpaired) electrons. The average Bonchev–Trinajstić information content (AvgIpc) is 2.50. The lowest BCUT2D eigenvalue weighted by molar-refractivity contribution is 1.16. The first kappa shape index (κ1) is 7.62. The van der Waals surface area contributed by atoms with Crippen molar-refractivity contribution in [3.05, 3.63) is 30.1 Å². The standard InChI is InChI=1S/C9H9ClN2/c10-4-3-7-6-12-9-8(7)2-1-5-11-9/h1-2,5-6H,3-4H2,(H,11,12). The maximum atomic E-state index is 5.66. The summed E-state index contributed by atoms with van der Waals surface area (Å²) in [5, 5.41) is 1.18. The van der Waals surface area contributed by atoms with Gasteiger partial charge in [0.15, 0.2) is 0 Å². The first-order valence-corrected chi connectivity index (χ1v) is 4.42. The zero-order valence-electron chi connectivity index (χ0n) is 6.55. The van der Waals surface area contributed by atoms with Gasteiger partial charge in [-0.15, -0.1) is 11.6 Å². The van der Waals surface area contributed by atoms with Crippen LogP contribution in [0.25, 0.3) is 11.0 Å². The molecule has 3 heteroatoms. The Kier molecular flexibility index (Phi) is 2.00. The van der Waals surface area contributed by atoms with Crippen LogP contribution in [-0.4, -0.2) is 15.8 Å². The molecule has 0 bridgehead atoms. The maximum absolute atomic E-state index is 5.66. The SMILES string of the molecule is ClCCc1c[nH]c2ncccc12. The Morgan fingerprint density at radius 2 is 2.42 bits per heavy atom. The Bertz CT molecular complexity index is 381. The highest BCUT2D eigenvalue weighted by Gasteiger charge is 2.01. The van der Waals surface area contributed by atoms with Gasteiger partial charge < -0.3 is 4.98 Å². The molecule has 0 aliphatic carbocycles. The topological polar surface area (TPSA) is 28.7 Å². The van der Waals surface area contributed by atoms with E-state index in [1.54, 1.807) is 6.20 Å². The molecular formula is C9H9ClN2. The highest BCUT2D eigenvalue weighted by atomic mass is 35.5. The summed E-state index contributed by atoms with van der Waals surface area (Å²) >= 11 is 5.66. The predicted molar refractivity (Wildman–Crippen MR) is 50.5 cm³/mol. The molecule has 2 aromatic heterocycles. The van der Waals surface area contributed by atoms with Gasteiger partial charge in [0.2, 0.25) is 0 Å². The van der Waals surface area contributed by atoms with E-state index in [0.29, 0.717) is 5.88 Å². The molecule has 2 nitrogen and oxygen atoms in total. The van der Waals surface area contributed by atoms with E-state index < -0.39 is 0 Å². The van der Waals surface area contributed by atoms with Crippen LogP contribution in [0, 0.1) is 0 Å². The summed E-state index contributed by atoms with van der Waals surface area (Å²) in [7, 11) is 0. The Morgan fingerprint density at radius 3 is 3.25 bits per heavy atom. The number of nitrogens with one attached hydrogen (secondary N) is 1. The summed E-state index contributed by atoms with van der Waals surface area (Å²) < 4.78 is 0. The summed E-state index contributed by atoms with van der Waals surface area (Å²) in [6, 6.07) is 3.99. The van der Waals surface area contributed by atoms with E-state index >= 15 is 0 Å². The van der Waals surface area contributed by atoms with Gasteiger partial charge in [-0.25, -0.2) is 4.98 Å². The number of H-pyrrole nitrogens is 1. The van der Waals surface area contributed by atoms with Crippen molar-refractivity contribution in [3.63, 3.8) is 0 Å². The van der Waals surface area contributed by atoms with Gasteiger partial charge in [-0.1, -0.05) is 0 Å². The molecule has 0 saturated carbocycles. The minimum absolute atomic E-state index is 0.655. The molecule has 0 atom stereocenters. The van der Waals surface area contributed by atoms with Crippen molar-refractivity contribution in [2.24, 2.45) is 0 Å². The lowest BCUT2D eigenvalue weighted by Crippen LogP contribution is -1.82. The molecule has 62 valence electrons. The Morgan fingerprint density at radius 1 is 1.50 bits per heavy atom. The molecule has 0 aromatic carbocycles. The third-order valence-corrected chi connectivity index (χ3v) is 2.09. The Balaban J connectivity index is 2.55. The van der Waals surface area contributed by atoms with E-state index in [1.165, 1.54) is 10.9 Å². The van der Waals surface area contributed by atoms with Crippen molar-refractivity contribution in [1.82, 2.24) is 9.97 Å². The first-order chi connectivity index (χ1) is 5.92. The molecule has 0 fully saturated rings. The fourth-order valence-corrected chi connectivity index (χ4v) is 1.52. The third-order valence-electron chi connectivity index (χ3n) is 1.90. The number of aromatic nitrogens is 2. The van der Waals surface area contributed by atoms with Crippen LogP contribution >= 0.6 is 11.6 Å². The van der Waals surface area contributed by atoms with Crippen molar-refractivity contribution >= 4 is 22.6 Å². The minimum atomic E-state index is 0.655. The largest absolute Gasteiger partial charge is 0.346 e. The number of hydrogen-bond acceptors (Lipinski definition) is 1. The van der Waals surface area contributed by atoms with Crippen molar-refractivity contribution in [2.45, 2.75) is 6.42 Å². The number of rotatable bonds is 2. The molecule has 2 aromatic rings. The number of nitrogens with zero attached hydrogens (tertiary/aromatic N) is 1. The number of halogens is 1. The molecular weight excluding hydrogens is 172 g/mol. The van der Waals surface area contributed by atoms with Gasteiger partial charge in [0.25, 0.3) is 0 Å². The second-order valence-electron chi connectivity index (χ2n) is 2.65. The van der Waals surface area contributed by atoms with E-state index in [1.807, 2.05) is 12.3 Å². The minimum Gasteiger partial charge on any atom is -0.346 e. The molecule has 0 amide bonds. The van der Waals surface area contributed by atoms with Gasteiger partial charge in [-0.2, -0.15) is 0 Å². The van der Waals surface area contributed by atoms with Crippen LogP contribution in [0.4, 0.5) is 0 Å². The molecule has 0 aliphatic rings. The second kappa shape index (κ2) is 3.15. The molecule has 0 spiro atoms. The van der Waals surface area contributed by atoms with Crippen LogP contribution in [0.5, 0.6) is 0 Å². The fraction of sp³-hybridized carbons (Fsp3) is 0.222. The molecule has 2 heterocycles. The maximum Gasteiger partial charge on any atom is 0.137 e. The van der Waals surface area contributed by atoms with Crippen LogP contribution in [0.15, 0.2) is 24.5 Å². The highest BCUT2D eigenvalue weighted by Crippen LogP contribution is 2.15. The molecule has 0 unspecified atom stereocenters. The Hall–Kier alpha value is -1.02. The molecule has 0 aliphatic heterocycles. The number of pyridine rings is 1. The summed E-state index contributed by atoms with van der Waals surface area (Å²) in [5.41, 5.74) is 2.19. The predicted octanol–water partition coefficient (Wildman–Crippen LogP) is 2.34. The van der Waals surface area contributed by atoms with Crippen LogP contribution < -0.4 is 0 Å². The lowest BCUT2D eigenvalue weighted by atomic mass is 10.2. The monoisotopic (exact) mass is 180 g/mol. The van der Waals surface area contributed by atoms with Crippen molar-refractivity contribution in [1.29, 1.82) is 0 Å². The van der Waals surface area contributed by atoms with Gasteiger partial charge in [0.1, 0.15) is 5.65 Å². The van der Waals surface area contributed by atoms with Crippen molar-refractivity contribution < 1.29 is 0 Å². The summed E-state index contributed by atoms with van der Waals surface area (Å²) in [5.74, 6) is 0.655. The number of alkyl halides is 1. The van der Waals surface area contributed by atoms with E-state index in [4.69, 9.17) is 11.6 Å². The Labute approximate surface area is 75.6 Å². The van der Waals surface area contributed by atoms with Crippen LogP contribution in [-0.2, 0) is 6.42 Å². The van der Waals surface area contributed by atoms with E-state index in [-0.39, 0.29) is 0 Å². The van der Waals surface area contributed by atoms with Crippen molar-refractivity contribution in [3.8, 4) is 0 Å². The van der Waals surface area contributed by atoms with E-state index in [0.717, 1.165) is 12.1 Å². The van der Waals surface area contributed by atoms with E-state index in [2.05, 4.69) is 16.0 Å². The lowest BCUT2D eigenvalue weighted by Gasteiger charge is -1.92. The quantitative estimate of drug-likeness (QED) is 0.707. The number of aryl methyl sites for hydroxylation is 1. The first-order valence-electron chi connectivity index (χ1n) is 3.89. The number of hydrogen-bond donors (Lipinski definition) is 1. The normalized spacial score (nSPS) is 10.8. The van der Waals surface area contributed by atoms with Crippen LogP contribution in [0.2, 0.25) is 0 Å². The molecule has 0 saturated heterocycles. The van der Waals surface area contributed by atoms with E-state index in [9.17, 15) is 0 Å². The summed E-state index contributed by atoms with van der Waals surface area (Å²) in [4.78, 5) is 7.29. The number of aromatic amines is 1. The van der Waals surface area contributed by atoms with Gasteiger partial charge in [-0.05, 0) is 24.1 Å². The van der Waals surface area contributed by atoms with Crippen molar-refractivity contribution in [2.75, 3.05) is 5.88 Å². The zero-order chi connectivity index (χ0) is 8.39. The summed E-state index contributed by atoms with van der Waals surface area (Å²) in [6.07, 6.45) is 4.65. The molecule has 2 rings (SSSR count). The third kappa shape index (κ3) is 1.18. The average molecular weight is 181 g/mol. The second-order valence-corrected chi connectivity index (χ2v) is 3.03. The summed E-state index contributed by atoms with van der Waals surface area (Å²) in [6.45, 7) is 0. The molecule has 12 heavy (non-hydrogen) atoms. The molecule has 1 N–H and O–H groups in total. The number of fused-ring (bicyclic) bond motifs is 1. The fourth-order valence-electron chi connectivity index (χ4n) is 1.32. The van der Waals surface area contributed by atoms with Gasteiger partial charge in [-0.3, -0.25) is 0 Å². The van der Waals surface area contributed by atoms with Gasteiger partial charge in [0, 0.05) is 23.7 Å². The van der Waals surface area contributed by atoms with Gasteiger partial charge >= 0.3 is 0 Å². The van der Waals surface area contributed by atoms with Gasteiger partial charge in [0.05, 0.1) is 0 Å². The zero-order valence-corrected chi connectivity index (χ0v) is 7.30. The van der Waals surface area contributed by atoms with Crippen LogP contribution in [0.1, 0.15) is 5.56 Å².